The molecule has 0 saturated heterocycles. The zero-order valence-electron chi connectivity index (χ0n) is 17.3. The van der Waals surface area contributed by atoms with Gasteiger partial charge in [0, 0.05) is 0 Å². The van der Waals surface area contributed by atoms with Crippen LogP contribution in [0.4, 0.5) is 0 Å². The van der Waals surface area contributed by atoms with Crippen molar-refractivity contribution in [2.24, 2.45) is 47.3 Å². The third-order valence-corrected chi connectivity index (χ3v) is 10.2. The van der Waals surface area contributed by atoms with Crippen molar-refractivity contribution in [2.75, 3.05) is 0 Å². The second kappa shape index (κ2) is 8.16. The summed E-state index contributed by atoms with van der Waals surface area (Å²) in [7, 11) is 0. The highest BCUT2D eigenvalue weighted by Gasteiger charge is 2.49. The maximum absolute atomic E-state index is 1.67. The molecule has 5 aliphatic carbocycles. The van der Waals surface area contributed by atoms with Crippen LogP contribution in [0.15, 0.2) is 0 Å². The molecule has 5 rings (SSSR count). The van der Waals surface area contributed by atoms with Crippen molar-refractivity contribution >= 4 is 0 Å². The van der Waals surface area contributed by atoms with Crippen molar-refractivity contribution in [1.82, 2.24) is 0 Å². The van der Waals surface area contributed by atoms with Gasteiger partial charge in [-0.1, -0.05) is 89.9 Å². The van der Waals surface area contributed by atoms with Gasteiger partial charge >= 0.3 is 0 Å². The molecule has 0 unspecified atom stereocenters. The summed E-state index contributed by atoms with van der Waals surface area (Å²) >= 11 is 0. The van der Waals surface area contributed by atoms with Gasteiger partial charge in [0.15, 0.2) is 0 Å². The molecule has 0 aromatic carbocycles. The Morgan fingerprint density at radius 2 is 0.615 bits per heavy atom. The van der Waals surface area contributed by atoms with Gasteiger partial charge in [0.2, 0.25) is 0 Å². The Balaban J connectivity index is 1.36. The molecule has 0 bridgehead atoms. The van der Waals surface area contributed by atoms with E-state index in [4.69, 9.17) is 0 Å². The third kappa shape index (κ3) is 3.53. The molecule has 5 saturated carbocycles. The van der Waals surface area contributed by atoms with Gasteiger partial charge in [0.1, 0.15) is 0 Å². The molecule has 0 aliphatic heterocycles. The predicted molar refractivity (Wildman–Crippen MR) is 111 cm³/mol. The first kappa shape index (κ1) is 18.1. The molecule has 148 valence electrons. The van der Waals surface area contributed by atoms with Gasteiger partial charge in [-0.3, -0.25) is 0 Å². The molecule has 0 heterocycles. The Bertz CT molecular complexity index is 399. The largest absolute Gasteiger partial charge is 0.0533 e. The van der Waals surface area contributed by atoms with E-state index in [1.54, 1.807) is 103 Å². The highest BCUT2D eigenvalue weighted by atomic mass is 14.5. The van der Waals surface area contributed by atoms with Gasteiger partial charge in [-0.15, -0.1) is 0 Å². The monoisotopic (exact) mass is 356 g/mol. The van der Waals surface area contributed by atoms with Crippen LogP contribution < -0.4 is 0 Å². The lowest BCUT2D eigenvalue weighted by atomic mass is 9.50. The van der Waals surface area contributed by atoms with E-state index in [1.165, 1.54) is 12.8 Å². The molecule has 0 heteroatoms. The molecule has 0 N–H and O–H groups in total. The third-order valence-electron chi connectivity index (χ3n) is 10.2. The summed E-state index contributed by atoms with van der Waals surface area (Å²) in [6.07, 6.45) is 28.5. The van der Waals surface area contributed by atoms with Crippen LogP contribution in [0.25, 0.3) is 0 Å². The van der Waals surface area contributed by atoms with Gasteiger partial charge in [0.25, 0.3) is 0 Å². The Morgan fingerprint density at radius 1 is 0.269 bits per heavy atom. The standard InChI is InChI=1S/C26H44/c1-3-9-19(10-4-1)23-15-16-24(20-11-5-2-6-12-20)26-18-22-14-8-7-13-21(22)17-25(23)26/h19-26H,1-18H2/t21-,22+,23+,24-,25-,26+. The summed E-state index contributed by atoms with van der Waals surface area (Å²) in [6, 6.07) is 0. The first-order chi connectivity index (χ1) is 12.9. The highest BCUT2D eigenvalue weighted by molar-refractivity contribution is 4.99. The van der Waals surface area contributed by atoms with E-state index in [9.17, 15) is 0 Å². The smallest absolute Gasteiger partial charge is 0.0349 e. The predicted octanol–water partition coefficient (Wildman–Crippen LogP) is 8.01. The van der Waals surface area contributed by atoms with E-state index in [1.807, 2.05) is 0 Å². The quantitative estimate of drug-likeness (QED) is 0.470. The van der Waals surface area contributed by atoms with Crippen LogP contribution in [0.5, 0.6) is 0 Å². The lowest BCUT2D eigenvalue weighted by Gasteiger charge is -2.55. The van der Waals surface area contributed by atoms with E-state index in [0.29, 0.717) is 0 Å². The molecule has 0 aromatic rings. The van der Waals surface area contributed by atoms with E-state index in [0.717, 1.165) is 47.3 Å². The molecule has 0 aromatic heterocycles. The van der Waals surface area contributed by atoms with Gasteiger partial charge < -0.3 is 0 Å². The topological polar surface area (TPSA) is 0 Å². The van der Waals surface area contributed by atoms with E-state index in [-0.39, 0.29) is 0 Å². The number of hydrogen-bond acceptors (Lipinski definition) is 0. The molecular weight excluding hydrogens is 312 g/mol. The lowest BCUT2D eigenvalue weighted by molar-refractivity contribution is -0.0593. The maximum atomic E-state index is 1.67. The Hall–Kier alpha value is 0. The average Bonchev–Trinajstić information content (AvgIpc) is 2.73. The molecule has 0 amide bonds. The average molecular weight is 357 g/mol. The Morgan fingerprint density at radius 3 is 1.04 bits per heavy atom. The van der Waals surface area contributed by atoms with Crippen molar-refractivity contribution in [2.45, 2.75) is 116 Å². The fraction of sp³-hybridized carbons (Fsp3) is 1.00. The zero-order valence-corrected chi connectivity index (χ0v) is 17.3. The van der Waals surface area contributed by atoms with Crippen LogP contribution in [0.2, 0.25) is 0 Å². The second-order valence-corrected chi connectivity index (χ2v) is 11.3. The van der Waals surface area contributed by atoms with E-state index in [2.05, 4.69) is 0 Å². The number of rotatable bonds is 2. The van der Waals surface area contributed by atoms with Crippen molar-refractivity contribution in [3.8, 4) is 0 Å². The molecule has 0 spiro atoms. The normalized spacial score (nSPS) is 45.7. The summed E-state index contributed by atoms with van der Waals surface area (Å²) in [5.41, 5.74) is 0. The van der Waals surface area contributed by atoms with E-state index < -0.39 is 0 Å². The molecule has 6 atom stereocenters. The second-order valence-electron chi connectivity index (χ2n) is 11.3. The van der Waals surface area contributed by atoms with Gasteiger partial charge in [0.05, 0.1) is 0 Å². The van der Waals surface area contributed by atoms with Crippen LogP contribution in [-0.4, -0.2) is 0 Å². The van der Waals surface area contributed by atoms with Crippen LogP contribution in [0.3, 0.4) is 0 Å². The first-order valence-electron chi connectivity index (χ1n) is 12.9. The molecular formula is C26H44. The SMILES string of the molecule is C1CCC([C@H]2CC[C@@H](C3CCCCC3)[C@H]3C[C@H]4CCCC[C@H]4C[C@H]32)CC1. The summed E-state index contributed by atoms with van der Waals surface area (Å²) < 4.78 is 0. The van der Waals surface area contributed by atoms with Crippen LogP contribution in [-0.2, 0) is 0 Å². The molecule has 0 nitrogen and oxygen atoms in total. The fourth-order valence-corrected chi connectivity index (χ4v) is 9.05. The number of fused-ring (bicyclic) bond motifs is 2. The van der Waals surface area contributed by atoms with Gasteiger partial charge in [-0.2, -0.15) is 0 Å². The summed E-state index contributed by atoms with van der Waals surface area (Å²) in [5.74, 6) is 9.12. The van der Waals surface area contributed by atoms with Crippen molar-refractivity contribution in [3.05, 3.63) is 0 Å². The Labute approximate surface area is 163 Å². The zero-order chi connectivity index (χ0) is 17.3. The molecule has 0 radical (unpaired) electrons. The molecule has 26 heavy (non-hydrogen) atoms. The summed E-state index contributed by atoms with van der Waals surface area (Å²) in [4.78, 5) is 0. The summed E-state index contributed by atoms with van der Waals surface area (Å²) in [5, 5.41) is 0. The minimum atomic E-state index is 1.13. The van der Waals surface area contributed by atoms with Crippen molar-refractivity contribution < 1.29 is 0 Å². The minimum Gasteiger partial charge on any atom is -0.0533 e. The highest BCUT2D eigenvalue weighted by Crippen LogP contribution is 2.58. The maximum Gasteiger partial charge on any atom is -0.0349 e. The number of hydrogen-bond donors (Lipinski definition) is 0. The van der Waals surface area contributed by atoms with Gasteiger partial charge in [-0.05, 0) is 73.0 Å². The van der Waals surface area contributed by atoms with Crippen molar-refractivity contribution in [3.63, 3.8) is 0 Å². The Kier molecular flexibility index (Phi) is 5.67. The van der Waals surface area contributed by atoms with Crippen LogP contribution in [0, 0.1) is 47.3 Å². The first-order valence-corrected chi connectivity index (χ1v) is 12.9. The van der Waals surface area contributed by atoms with Crippen LogP contribution >= 0.6 is 0 Å². The van der Waals surface area contributed by atoms with E-state index >= 15 is 0 Å². The molecule has 5 fully saturated rings. The lowest BCUT2D eigenvalue weighted by Crippen LogP contribution is -2.47. The van der Waals surface area contributed by atoms with Crippen molar-refractivity contribution in [1.29, 1.82) is 0 Å². The van der Waals surface area contributed by atoms with Gasteiger partial charge in [-0.25, -0.2) is 0 Å². The molecule has 5 aliphatic rings. The fourth-order valence-electron chi connectivity index (χ4n) is 9.05. The minimum absolute atomic E-state index is 1.13. The summed E-state index contributed by atoms with van der Waals surface area (Å²) in [6.45, 7) is 0. The van der Waals surface area contributed by atoms with Crippen LogP contribution in [0.1, 0.15) is 116 Å².